The zero-order valence-corrected chi connectivity index (χ0v) is 14.9. The van der Waals surface area contributed by atoms with E-state index in [1.54, 1.807) is 19.1 Å². The number of nitrogens with one attached hydrogen (secondary N) is 2. The van der Waals surface area contributed by atoms with Crippen molar-refractivity contribution >= 4 is 17.5 Å². The molecule has 25 heavy (non-hydrogen) atoms. The highest BCUT2D eigenvalue weighted by Crippen LogP contribution is 2.25. The standard InChI is InChI=1S/C20H23FN2O2/c1-13-7-5-6-8-16(13)20(3,4)12-22-18(24)19(25)23-15-10-9-14(2)17(21)11-15/h5-11H,12H2,1-4H3,(H,22,24)(H,23,25). The number of rotatable bonds is 4. The zero-order chi connectivity index (χ0) is 18.6. The van der Waals surface area contributed by atoms with E-state index in [2.05, 4.69) is 10.6 Å². The van der Waals surface area contributed by atoms with Crippen LogP contribution in [0.2, 0.25) is 0 Å². The van der Waals surface area contributed by atoms with E-state index >= 15 is 0 Å². The van der Waals surface area contributed by atoms with E-state index in [1.165, 1.54) is 6.07 Å². The van der Waals surface area contributed by atoms with Crippen LogP contribution in [0.15, 0.2) is 42.5 Å². The molecule has 0 spiro atoms. The highest BCUT2D eigenvalue weighted by Gasteiger charge is 2.24. The first kappa shape index (κ1) is 18.6. The fourth-order valence-corrected chi connectivity index (χ4v) is 2.67. The summed E-state index contributed by atoms with van der Waals surface area (Å²) in [6.45, 7) is 7.96. The molecule has 0 saturated carbocycles. The number of carbonyl (C=O) groups is 2. The minimum absolute atomic E-state index is 0.251. The highest BCUT2D eigenvalue weighted by molar-refractivity contribution is 6.39. The maximum atomic E-state index is 13.5. The summed E-state index contributed by atoms with van der Waals surface area (Å²) in [6.07, 6.45) is 0. The van der Waals surface area contributed by atoms with Crippen molar-refractivity contribution in [2.45, 2.75) is 33.1 Å². The Morgan fingerprint density at radius 1 is 1.00 bits per heavy atom. The van der Waals surface area contributed by atoms with Crippen molar-refractivity contribution in [3.8, 4) is 0 Å². The summed E-state index contributed by atoms with van der Waals surface area (Å²) in [4.78, 5) is 24.0. The van der Waals surface area contributed by atoms with Gasteiger partial charge in [-0.2, -0.15) is 0 Å². The third-order valence-corrected chi connectivity index (χ3v) is 4.20. The van der Waals surface area contributed by atoms with Gasteiger partial charge >= 0.3 is 11.8 Å². The largest absolute Gasteiger partial charge is 0.347 e. The van der Waals surface area contributed by atoms with Crippen molar-refractivity contribution < 1.29 is 14.0 Å². The Bertz CT molecular complexity index is 800. The van der Waals surface area contributed by atoms with Gasteiger partial charge in [-0.25, -0.2) is 4.39 Å². The molecule has 2 rings (SSSR count). The summed E-state index contributed by atoms with van der Waals surface area (Å²) in [5.74, 6) is -2.00. The average molecular weight is 342 g/mol. The molecular formula is C20H23FN2O2. The quantitative estimate of drug-likeness (QED) is 0.836. The Morgan fingerprint density at radius 3 is 2.32 bits per heavy atom. The number of hydrogen-bond acceptors (Lipinski definition) is 2. The van der Waals surface area contributed by atoms with Gasteiger partial charge in [0.2, 0.25) is 0 Å². The van der Waals surface area contributed by atoms with E-state index in [1.807, 2.05) is 45.0 Å². The minimum atomic E-state index is -0.816. The molecule has 132 valence electrons. The summed E-state index contributed by atoms with van der Waals surface area (Å²) in [7, 11) is 0. The lowest BCUT2D eigenvalue weighted by Crippen LogP contribution is -2.42. The van der Waals surface area contributed by atoms with Crippen molar-refractivity contribution in [1.82, 2.24) is 5.32 Å². The number of hydrogen-bond donors (Lipinski definition) is 2. The summed E-state index contributed by atoms with van der Waals surface area (Å²) in [5, 5.41) is 5.06. The molecule has 0 saturated heterocycles. The number of amides is 2. The molecule has 0 radical (unpaired) electrons. The van der Waals surface area contributed by atoms with Crippen LogP contribution in [-0.4, -0.2) is 18.4 Å². The Morgan fingerprint density at radius 2 is 1.68 bits per heavy atom. The summed E-state index contributed by atoms with van der Waals surface area (Å²) in [6, 6.07) is 12.2. The molecule has 0 heterocycles. The minimum Gasteiger partial charge on any atom is -0.347 e. The van der Waals surface area contributed by atoms with E-state index in [0.717, 1.165) is 11.1 Å². The fraction of sp³-hybridized carbons (Fsp3) is 0.300. The average Bonchev–Trinajstić information content (AvgIpc) is 2.56. The van der Waals surface area contributed by atoms with Crippen molar-refractivity contribution in [3.63, 3.8) is 0 Å². The van der Waals surface area contributed by atoms with Gasteiger partial charge in [0.25, 0.3) is 0 Å². The molecule has 0 aliphatic carbocycles. The van der Waals surface area contributed by atoms with Crippen LogP contribution in [0.5, 0.6) is 0 Å². The van der Waals surface area contributed by atoms with E-state index in [4.69, 9.17) is 0 Å². The summed E-state index contributed by atoms with van der Waals surface area (Å²) < 4.78 is 13.5. The van der Waals surface area contributed by atoms with E-state index in [0.29, 0.717) is 12.1 Å². The van der Waals surface area contributed by atoms with Crippen LogP contribution in [0, 0.1) is 19.7 Å². The van der Waals surface area contributed by atoms with Gasteiger partial charge in [-0.3, -0.25) is 9.59 Å². The van der Waals surface area contributed by atoms with Crippen LogP contribution in [0.3, 0.4) is 0 Å². The molecule has 0 aliphatic rings. The molecule has 5 heteroatoms. The van der Waals surface area contributed by atoms with Crippen molar-refractivity contribution in [3.05, 3.63) is 65.0 Å². The lowest BCUT2D eigenvalue weighted by molar-refractivity contribution is -0.136. The number of carbonyl (C=O) groups excluding carboxylic acids is 2. The van der Waals surface area contributed by atoms with E-state index in [9.17, 15) is 14.0 Å². The van der Waals surface area contributed by atoms with Crippen LogP contribution < -0.4 is 10.6 Å². The Labute approximate surface area is 147 Å². The second-order valence-electron chi connectivity index (χ2n) is 6.80. The van der Waals surface area contributed by atoms with Gasteiger partial charge < -0.3 is 10.6 Å². The molecule has 0 fully saturated rings. The van der Waals surface area contributed by atoms with Gasteiger partial charge in [0, 0.05) is 17.6 Å². The Balaban J connectivity index is 1.98. The van der Waals surface area contributed by atoms with Crippen LogP contribution >= 0.6 is 0 Å². The maximum Gasteiger partial charge on any atom is 0.313 e. The first-order valence-electron chi connectivity index (χ1n) is 8.12. The Hall–Kier alpha value is -2.69. The molecule has 2 N–H and O–H groups in total. The van der Waals surface area contributed by atoms with Crippen LogP contribution in [0.25, 0.3) is 0 Å². The second-order valence-corrected chi connectivity index (χ2v) is 6.80. The highest BCUT2D eigenvalue weighted by atomic mass is 19.1. The van der Waals surface area contributed by atoms with Gasteiger partial charge in [0.1, 0.15) is 5.82 Å². The SMILES string of the molecule is Cc1ccc(NC(=O)C(=O)NCC(C)(C)c2ccccc2C)cc1F. The molecule has 4 nitrogen and oxygen atoms in total. The number of benzene rings is 2. The molecule has 2 aromatic carbocycles. The lowest BCUT2D eigenvalue weighted by atomic mass is 9.82. The van der Waals surface area contributed by atoms with Crippen molar-refractivity contribution in [2.75, 3.05) is 11.9 Å². The fourth-order valence-electron chi connectivity index (χ4n) is 2.67. The molecule has 0 aliphatic heterocycles. The van der Waals surface area contributed by atoms with Gasteiger partial charge in [0.15, 0.2) is 0 Å². The maximum absolute atomic E-state index is 13.5. The number of aryl methyl sites for hydroxylation is 2. The number of anilines is 1. The predicted molar refractivity (Wildman–Crippen MR) is 97.0 cm³/mol. The van der Waals surface area contributed by atoms with Gasteiger partial charge in [-0.05, 0) is 42.7 Å². The molecule has 0 atom stereocenters. The normalized spacial score (nSPS) is 11.1. The van der Waals surface area contributed by atoms with Gasteiger partial charge in [-0.1, -0.05) is 44.2 Å². The molecule has 2 aromatic rings. The number of halogens is 1. The molecule has 0 bridgehead atoms. The lowest BCUT2D eigenvalue weighted by Gasteiger charge is -2.27. The third-order valence-electron chi connectivity index (χ3n) is 4.20. The molecular weight excluding hydrogens is 319 g/mol. The van der Waals surface area contributed by atoms with Crippen LogP contribution in [0.4, 0.5) is 10.1 Å². The monoisotopic (exact) mass is 342 g/mol. The topological polar surface area (TPSA) is 58.2 Å². The van der Waals surface area contributed by atoms with Crippen molar-refractivity contribution in [2.24, 2.45) is 0 Å². The predicted octanol–water partition coefficient (Wildman–Crippen LogP) is 3.48. The first-order chi connectivity index (χ1) is 11.7. The zero-order valence-electron chi connectivity index (χ0n) is 14.9. The van der Waals surface area contributed by atoms with Crippen molar-refractivity contribution in [1.29, 1.82) is 0 Å². The summed E-state index contributed by atoms with van der Waals surface area (Å²) >= 11 is 0. The molecule has 2 amide bonds. The van der Waals surface area contributed by atoms with E-state index < -0.39 is 17.6 Å². The third kappa shape index (κ3) is 4.66. The van der Waals surface area contributed by atoms with Crippen LogP contribution in [0.1, 0.15) is 30.5 Å². The van der Waals surface area contributed by atoms with Crippen LogP contribution in [-0.2, 0) is 15.0 Å². The van der Waals surface area contributed by atoms with Gasteiger partial charge in [-0.15, -0.1) is 0 Å². The van der Waals surface area contributed by atoms with Gasteiger partial charge in [0.05, 0.1) is 0 Å². The second kappa shape index (κ2) is 7.47. The van der Waals surface area contributed by atoms with E-state index in [-0.39, 0.29) is 11.1 Å². The smallest absolute Gasteiger partial charge is 0.313 e. The molecule has 0 aromatic heterocycles. The molecule has 0 unspecified atom stereocenters. The first-order valence-corrected chi connectivity index (χ1v) is 8.12. The Kier molecular flexibility index (Phi) is 5.57. The summed E-state index contributed by atoms with van der Waals surface area (Å²) in [5.41, 5.74) is 2.64.